The Balaban J connectivity index is 2.84. The molecular formula is C12H15F2NOS. The van der Waals surface area contributed by atoms with Crippen molar-refractivity contribution in [1.29, 1.82) is 0 Å². The molecule has 0 saturated carbocycles. The number of thioether (sulfide) groups is 1. The standard InChI is InChI=1S/C12H15F2NOS/c1-8(15(2)12(16)7-17-3)9-4-5-10(13)11(14)6-9/h4-6,8H,7H2,1-3H3. The van der Waals surface area contributed by atoms with Crippen molar-refractivity contribution >= 4 is 17.7 Å². The van der Waals surface area contributed by atoms with Crippen LogP contribution in [0.4, 0.5) is 8.78 Å². The number of halogens is 2. The van der Waals surface area contributed by atoms with Gasteiger partial charge in [-0.05, 0) is 30.9 Å². The van der Waals surface area contributed by atoms with E-state index in [9.17, 15) is 13.6 Å². The first-order chi connectivity index (χ1) is 7.97. The topological polar surface area (TPSA) is 20.3 Å². The molecule has 1 atom stereocenters. The van der Waals surface area contributed by atoms with E-state index in [1.807, 2.05) is 6.26 Å². The van der Waals surface area contributed by atoms with Crippen molar-refractivity contribution in [2.75, 3.05) is 19.1 Å². The van der Waals surface area contributed by atoms with Crippen molar-refractivity contribution in [2.24, 2.45) is 0 Å². The molecule has 1 amide bonds. The maximum absolute atomic E-state index is 13.1. The summed E-state index contributed by atoms with van der Waals surface area (Å²) in [6, 6.07) is 3.42. The second-order valence-corrected chi connectivity index (χ2v) is 4.65. The molecule has 1 rings (SSSR count). The lowest BCUT2D eigenvalue weighted by atomic mass is 10.1. The molecule has 17 heavy (non-hydrogen) atoms. The van der Waals surface area contributed by atoms with Crippen LogP contribution in [-0.2, 0) is 4.79 Å². The molecule has 5 heteroatoms. The SMILES string of the molecule is CSCC(=O)N(C)C(C)c1ccc(F)c(F)c1. The summed E-state index contributed by atoms with van der Waals surface area (Å²) in [4.78, 5) is 13.2. The fourth-order valence-corrected chi connectivity index (χ4v) is 1.89. The van der Waals surface area contributed by atoms with E-state index in [0.29, 0.717) is 11.3 Å². The van der Waals surface area contributed by atoms with Crippen LogP contribution in [0.25, 0.3) is 0 Å². The molecule has 1 aromatic rings. The van der Waals surface area contributed by atoms with Crippen LogP contribution in [0, 0.1) is 11.6 Å². The number of nitrogens with zero attached hydrogens (tertiary/aromatic N) is 1. The molecule has 0 spiro atoms. The normalized spacial score (nSPS) is 12.3. The Bertz CT molecular complexity index is 411. The van der Waals surface area contributed by atoms with E-state index in [0.717, 1.165) is 12.1 Å². The van der Waals surface area contributed by atoms with Gasteiger partial charge in [-0.3, -0.25) is 4.79 Å². The molecule has 1 unspecified atom stereocenters. The summed E-state index contributed by atoms with van der Waals surface area (Å²) in [6.07, 6.45) is 1.84. The Morgan fingerprint density at radius 1 is 1.41 bits per heavy atom. The largest absolute Gasteiger partial charge is 0.338 e. The van der Waals surface area contributed by atoms with Crippen molar-refractivity contribution in [3.05, 3.63) is 35.4 Å². The summed E-state index contributed by atoms with van der Waals surface area (Å²) in [6.45, 7) is 1.78. The van der Waals surface area contributed by atoms with Crippen LogP contribution in [0.3, 0.4) is 0 Å². The van der Waals surface area contributed by atoms with Crippen molar-refractivity contribution < 1.29 is 13.6 Å². The Morgan fingerprint density at radius 3 is 2.59 bits per heavy atom. The quantitative estimate of drug-likeness (QED) is 0.828. The third kappa shape index (κ3) is 3.43. The molecule has 0 aliphatic heterocycles. The van der Waals surface area contributed by atoms with Crippen molar-refractivity contribution in [1.82, 2.24) is 4.90 Å². The summed E-state index contributed by atoms with van der Waals surface area (Å²) in [5.41, 5.74) is 0.584. The van der Waals surface area contributed by atoms with Gasteiger partial charge in [-0.2, -0.15) is 11.8 Å². The molecule has 0 aliphatic rings. The van der Waals surface area contributed by atoms with Gasteiger partial charge in [0, 0.05) is 7.05 Å². The molecule has 1 aromatic carbocycles. The molecule has 0 radical (unpaired) electrons. The highest BCUT2D eigenvalue weighted by molar-refractivity contribution is 7.99. The van der Waals surface area contributed by atoms with Crippen LogP contribution in [0.5, 0.6) is 0 Å². The number of rotatable bonds is 4. The molecule has 0 fully saturated rings. The van der Waals surface area contributed by atoms with Gasteiger partial charge in [0.05, 0.1) is 11.8 Å². The van der Waals surface area contributed by atoms with E-state index in [1.165, 1.54) is 22.7 Å². The van der Waals surface area contributed by atoms with E-state index in [4.69, 9.17) is 0 Å². The molecule has 0 heterocycles. The second-order valence-electron chi connectivity index (χ2n) is 3.79. The van der Waals surface area contributed by atoms with Crippen LogP contribution in [0.2, 0.25) is 0 Å². The van der Waals surface area contributed by atoms with Crippen LogP contribution in [0.1, 0.15) is 18.5 Å². The summed E-state index contributed by atoms with van der Waals surface area (Å²) in [5.74, 6) is -1.42. The number of carbonyl (C=O) groups excluding carboxylic acids is 1. The van der Waals surface area contributed by atoms with Gasteiger partial charge < -0.3 is 4.90 Å². The highest BCUT2D eigenvalue weighted by Gasteiger charge is 2.17. The lowest BCUT2D eigenvalue weighted by molar-refractivity contribution is -0.128. The summed E-state index contributed by atoms with van der Waals surface area (Å²) in [5, 5.41) is 0. The van der Waals surface area contributed by atoms with Gasteiger partial charge >= 0.3 is 0 Å². The van der Waals surface area contributed by atoms with Gasteiger partial charge in [0.2, 0.25) is 5.91 Å². The van der Waals surface area contributed by atoms with Crippen molar-refractivity contribution in [2.45, 2.75) is 13.0 Å². The number of hydrogen-bond donors (Lipinski definition) is 0. The highest BCUT2D eigenvalue weighted by atomic mass is 32.2. The lowest BCUT2D eigenvalue weighted by Crippen LogP contribution is -2.31. The number of hydrogen-bond acceptors (Lipinski definition) is 2. The van der Waals surface area contributed by atoms with Crippen molar-refractivity contribution in [3.8, 4) is 0 Å². The van der Waals surface area contributed by atoms with Gasteiger partial charge in [0.1, 0.15) is 0 Å². The number of amides is 1. The fourth-order valence-electron chi connectivity index (χ4n) is 1.44. The van der Waals surface area contributed by atoms with E-state index in [2.05, 4.69) is 0 Å². The summed E-state index contributed by atoms with van der Waals surface area (Å²) < 4.78 is 25.9. The van der Waals surface area contributed by atoms with Gasteiger partial charge in [0.15, 0.2) is 11.6 Å². The third-order valence-electron chi connectivity index (χ3n) is 2.67. The Morgan fingerprint density at radius 2 is 2.06 bits per heavy atom. The molecule has 2 nitrogen and oxygen atoms in total. The van der Waals surface area contributed by atoms with E-state index in [1.54, 1.807) is 14.0 Å². The fraction of sp³-hybridized carbons (Fsp3) is 0.417. The Labute approximate surface area is 104 Å². The van der Waals surface area contributed by atoms with Gasteiger partial charge in [0.25, 0.3) is 0 Å². The zero-order valence-electron chi connectivity index (χ0n) is 10.0. The van der Waals surface area contributed by atoms with Gasteiger partial charge in [-0.1, -0.05) is 6.07 Å². The van der Waals surface area contributed by atoms with E-state index in [-0.39, 0.29) is 11.9 Å². The third-order valence-corrected chi connectivity index (χ3v) is 3.20. The average Bonchev–Trinajstić information content (AvgIpc) is 2.31. The molecular weight excluding hydrogens is 244 g/mol. The molecule has 0 aromatic heterocycles. The predicted molar refractivity (Wildman–Crippen MR) is 65.9 cm³/mol. The summed E-state index contributed by atoms with van der Waals surface area (Å²) >= 11 is 1.43. The number of carbonyl (C=O) groups is 1. The molecule has 94 valence electrons. The highest BCUT2D eigenvalue weighted by Crippen LogP contribution is 2.21. The first kappa shape index (κ1) is 14.0. The Hall–Kier alpha value is -1.10. The maximum atomic E-state index is 13.1. The van der Waals surface area contributed by atoms with E-state index >= 15 is 0 Å². The van der Waals surface area contributed by atoms with Crippen LogP contribution in [-0.4, -0.2) is 29.9 Å². The van der Waals surface area contributed by atoms with Crippen LogP contribution >= 0.6 is 11.8 Å². The zero-order chi connectivity index (χ0) is 13.0. The molecule has 0 bridgehead atoms. The summed E-state index contributed by atoms with van der Waals surface area (Å²) in [7, 11) is 1.66. The molecule has 0 saturated heterocycles. The minimum Gasteiger partial charge on any atom is -0.338 e. The number of benzene rings is 1. The lowest BCUT2D eigenvalue weighted by Gasteiger charge is -2.25. The van der Waals surface area contributed by atoms with Gasteiger partial charge in [-0.15, -0.1) is 0 Å². The molecule has 0 aliphatic carbocycles. The van der Waals surface area contributed by atoms with Crippen molar-refractivity contribution in [3.63, 3.8) is 0 Å². The Kier molecular flexibility index (Phi) is 4.93. The molecule has 0 N–H and O–H groups in total. The zero-order valence-corrected chi connectivity index (χ0v) is 10.9. The first-order valence-electron chi connectivity index (χ1n) is 5.17. The average molecular weight is 259 g/mol. The van der Waals surface area contributed by atoms with Gasteiger partial charge in [-0.25, -0.2) is 8.78 Å². The minimum atomic E-state index is -0.889. The first-order valence-corrected chi connectivity index (χ1v) is 6.56. The minimum absolute atomic E-state index is 0.0327. The smallest absolute Gasteiger partial charge is 0.232 e. The van der Waals surface area contributed by atoms with Crippen LogP contribution < -0.4 is 0 Å². The predicted octanol–water partition coefficient (Wildman–Crippen LogP) is 2.85. The second kappa shape index (κ2) is 6.00. The van der Waals surface area contributed by atoms with E-state index < -0.39 is 11.6 Å². The maximum Gasteiger partial charge on any atom is 0.232 e. The monoisotopic (exact) mass is 259 g/mol. The van der Waals surface area contributed by atoms with Crippen LogP contribution in [0.15, 0.2) is 18.2 Å².